The van der Waals surface area contributed by atoms with Crippen molar-refractivity contribution in [1.29, 1.82) is 0 Å². The molecular weight excluding hydrogens is 334 g/mol. The average molecular weight is 351 g/mol. The molecule has 4 nitrogen and oxygen atoms in total. The first-order chi connectivity index (χ1) is 13.3. The molecule has 0 bridgehead atoms. The lowest BCUT2D eigenvalue weighted by Crippen LogP contribution is -2.27. The van der Waals surface area contributed by atoms with Gasteiger partial charge in [-0.1, -0.05) is 54.6 Å². The Hall–Kier alpha value is -3.79. The Labute approximate surface area is 157 Å². The molecule has 0 saturated carbocycles. The summed E-state index contributed by atoms with van der Waals surface area (Å²) in [5.74, 6) is 0.897. The summed E-state index contributed by atoms with van der Waals surface area (Å²) in [5.41, 5.74) is 2.75. The molecule has 2 aromatic carbocycles. The molecule has 0 aliphatic heterocycles. The number of anilines is 2. The molecule has 0 aliphatic rings. The molecule has 0 radical (unpaired) electrons. The molecule has 0 atom stereocenters. The molecule has 0 N–H and O–H groups in total. The summed E-state index contributed by atoms with van der Waals surface area (Å²) in [6, 6.07) is 28.6. The highest BCUT2D eigenvalue weighted by Crippen LogP contribution is 2.25. The Bertz CT molecular complexity index is 978. The van der Waals surface area contributed by atoms with Gasteiger partial charge in [0, 0.05) is 18.0 Å². The molecule has 0 unspecified atom stereocenters. The van der Waals surface area contributed by atoms with Gasteiger partial charge >= 0.3 is 0 Å². The monoisotopic (exact) mass is 351 g/mol. The van der Waals surface area contributed by atoms with Crippen molar-refractivity contribution >= 4 is 17.5 Å². The van der Waals surface area contributed by atoms with Gasteiger partial charge in [0.25, 0.3) is 5.91 Å². The van der Waals surface area contributed by atoms with Crippen LogP contribution in [0, 0.1) is 0 Å². The van der Waals surface area contributed by atoms with E-state index >= 15 is 0 Å². The maximum atomic E-state index is 13.2. The van der Waals surface area contributed by atoms with Crippen molar-refractivity contribution in [2.45, 2.75) is 0 Å². The van der Waals surface area contributed by atoms with Crippen LogP contribution in [0.15, 0.2) is 103 Å². The lowest BCUT2D eigenvalue weighted by molar-refractivity contribution is 0.0998. The molecule has 130 valence electrons. The number of hydrogen-bond donors (Lipinski definition) is 0. The summed E-state index contributed by atoms with van der Waals surface area (Å²) >= 11 is 0. The van der Waals surface area contributed by atoms with Crippen molar-refractivity contribution in [1.82, 2.24) is 9.97 Å². The predicted octanol–water partition coefficient (Wildman–Crippen LogP) is 5.12. The number of hydrogen-bond acceptors (Lipinski definition) is 3. The summed E-state index contributed by atoms with van der Waals surface area (Å²) in [5, 5.41) is 0. The number of rotatable bonds is 4. The molecule has 4 aromatic rings. The highest BCUT2D eigenvalue weighted by atomic mass is 16.2. The summed E-state index contributed by atoms with van der Waals surface area (Å²) in [7, 11) is 0. The second-order valence-electron chi connectivity index (χ2n) is 5.96. The molecular formula is C23H17N3O. The number of nitrogens with zero attached hydrogens (tertiary/aromatic N) is 3. The van der Waals surface area contributed by atoms with Crippen LogP contribution < -0.4 is 4.90 Å². The van der Waals surface area contributed by atoms with Crippen LogP contribution in [0.2, 0.25) is 0 Å². The van der Waals surface area contributed by atoms with Crippen molar-refractivity contribution in [3.05, 3.63) is 109 Å². The van der Waals surface area contributed by atoms with E-state index in [1.54, 1.807) is 24.5 Å². The molecule has 1 amide bonds. The van der Waals surface area contributed by atoms with Crippen LogP contribution in [0.5, 0.6) is 0 Å². The van der Waals surface area contributed by atoms with E-state index < -0.39 is 0 Å². The highest BCUT2D eigenvalue weighted by Gasteiger charge is 2.21. The summed E-state index contributed by atoms with van der Waals surface area (Å²) in [4.78, 5) is 23.4. The fraction of sp³-hybridized carbons (Fsp3) is 0. The minimum absolute atomic E-state index is 0.174. The lowest BCUT2D eigenvalue weighted by atomic mass is 10.0. The third kappa shape index (κ3) is 3.60. The topological polar surface area (TPSA) is 46.1 Å². The van der Waals surface area contributed by atoms with Crippen molar-refractivity contribution in [3.8, 4) is 11.1 Å². The predicted molar refractivity (Wildman–Crippen MR) is 107 cm³/mol. The van der Waals surface area contributed by atoms with Crippen LogP contribution in [-0.2, 0) is 0 Å². The minimum Gasteiger partial charge on any atom is -0.268 e. The Morgan fingerprint density at radius 1 is 0.593 bits per heavy atom. The van der Waals surface area contributed by atoms with Gasteiger partial charge < -0.3 is 0 Å². The first-order valence-corrected chi connectivity index (χ1v) is 8.65. The van der Waals surface area contributed by atoms with Gasteiger partial charge in [-0.2, -0.15) is 0 Å². The Balaban J connectivity index is 1.70. The zero-order valence-electron chi connectivity index (χ0n) is 14.6. The maximum Gasteiger partial charge on any atom is 0.265 e. The minimum atomic E-state index is -0.174. The van der Waals surface area contributed by atoms with Crippen LogP contribution in [0.25, 0.3) is 11.1 Å². The molecule has 0 aliphatic carbocycles. The van der Waals surface area contributed by atoms with Gasteiger partial charge in [-0.25, -0.2) is 14.9 Å². The summed E-state index contributed by atoms with van der Waals surface area (Å²) in [6.07, 6.45) is 3.33. The smallest absolute Gasteiger partial charge is 0.265 e. The normalized spacial score (nSPS) is 10.4. The summed E-state index contributed by atoms with van der Waals surface area (Å²) in [6.45, 7) is 0. The molecule has 0 saturated heterocycles. The molecule has 0 fully saturated rings. The second kappa shape index (κ2) is 7.62. The van der Waals surface area contributed by atoms with Gasteiger partial charge in [0.05, 0.1) is 0 Å². The first kappa shape index (κ1) is 16.7. The number of amides is 1. The van der Waals surface area contributed by atoms with E-state index in [1.807, 2.05) is 78.9 Å². The zero-order chi connectivity index (χ0) is 18.5. The molecule has 0 spiro atoms. The lowest BCUT2D eigenvalue weighted by Gasteiger charge is -2.20. The fourth-order valence-corrected chi connectivity index (χ4v) is 2.86. The maximum absolute atomic E-state index is 13.2. The standard InChI is InChI=1S/C23H17N3O/c27-23(20-14-12-19(13-15-20)18-8-2-1-3-9-18)26(21-10-4-6-16-24-21)22-11-5-7-17-25-22/h1-17H. The third-order valence-corrected chi connectivity index (χ3v) is 4.20. The molecule has 2 heterocycles. The molecule has 27 heavy (non-hydrogen) atoms. The number of carbonyl (C=O) groups is 1. The fourth-order valence-electron chi connectivity index (χ4n) is 2.86. The van der Waals surface area contributed by atoms with E-state index in [0.717, 1.165) is 11.1 Å². The quantitative estimate of drug-likeness (QED) is 0.512. The second-order valence-corrected chi connectivity index (χ2v) is 5.96. The van der Waals surface area contributed by atoms with Crippen LogP contribution >= 0.6 is 0 Å². The van der Waals surface area contributed by atoms with Crippen molar-refractivity contribution in [2.24, 2.45) is 0 Å². The van der Waals surface area contributed by atoms with Gasteiger partial charge in [0.15, 0.2) is 0 Å². The van der Waals surface area contributed by atoms with E-state index in [0.29, 0.717) is 17.2 Å². The molecule has 4 rings (SSSR count). The zero-order valence-corrected chi connectivity index (χ0v) is 14.6. The van der Waals surface area contributed by atoms with Crippen LogP contribution in [0.3, 0.4) is 0 Å². The molecule has 4 heteroatoms. The van der Waals surface area contributed by atoms with Crippen LogP contribution in [0.4, 0.5) is 11.6 Å². The van der Waals surface area contributed by atoms with E-state index in [2.05, 4.69) is 9.97 Å². The van der Waals surface area contributed by atoms with E-state index in [4.69, 9.17) is 0 Å². The van der Waals surface area contributed by atoms with Crippen molar-refractivity contribution in [3.63, 3.8) is 0 Å². The van der Waals surface area contributed by atoms with Gasteiger partial charge in [-0.05, 0) is 47.5 Å². The van der Waals surface area contributed by atoms with Gasteiger partial charge in [-0.3, -0.25) is 4.79 Å². The van der Waals surface area contributed by atoms with Gasteiger partial charge in [-0.15, -0.1) is 0 Å². The summed E-state index contributed by atoms with van der Waals surface area (Å²) < 4.78 is 0. The number of benzene rings is 2. The highest BCUT2D eigenvalue weighted by molar-refractivity contribution is 6.09. The van der Waals surface area contributed by atoms with Gasteiger partial charge in [0.1, 0.15) is 11.6 Å². The average Bonchev–Trinajstić information content (AvgIpc) is 2.76. The van der Waals surface area contributed by atoms with Crippen LogP contribution in [0.1, 0.15) is 10.4 Å². The van der Waals surface area contributed by atoms with E-state index in [1.165, 1.54) is 4.90 Å². The van der Waals surface area contributed by atoms with E-state index in [9.17, 15) is 4.79 Å². The Morgan fingerprint density at radius 3 is 1.63 bits per heavy atom. The number of aromatic nitrogens is 2. The number of pyridine rings is 2. The third-order valence-electron chi connectivity index (χ3n) is 4.20. The van der Waals surface area contributed by atoms with Gasteiger partial charge in [0.2, 0.25) is 0 Å². The SMILES string of the molecule is O=C(c1ccc(-c2ccccc2)cc1)N(c1ccccn1)c1ccccn1. The Morgan fingerprint density at radius 2 is 1.11 bits per heavy atom. The van der Waals surface area contributed by atoms with Crippen molar-refractivity contribution < 1.29 is 4.79 Å². The van der Waals surface area contributed by atoms with Crippen LogP contribution in [-0.4, -0.2) is 15.9 Å². The number of carbonyl (C=O) groups excluding carboxylic acids is 1. The van der Waals surface area contributed by atoms with E-state index in [-0.39, 0.29) is 5.91 Å². The van der Waals surface area contributed by atoms with Crippen molar-refractivity contribution in [2.75, 3.05) is 4.90 Å². The Kier molecular flexibility index (Phi) is 4.70. The first-order valence-electron chi connectivity index (χ1n) is 8.65. The largest absolute Gasteiger partial charge is 0.268 e. The molecule has 2 aromatic heterocycles.